The molecule has 4 heteroatoms. The molecule has 0 bridgehead atoms. The van der Waals surface area contributed by atoms with Gasteiger partial charge in [-0.05, 0) is 35.9 Å². The fourth-order valence-corrected chi connectivity index (χ4v) is 4.44. The average molecular weight is 390 g/mol. The Morgan fingerprint density at radius 3 is 2.55 bits per heavy atom. The van der Waals surface area contributed by atoms with Crippen LogP contribution in [0.15, 0.2) is 74.9 Å². The van der Waals surface area contributed by atoms with Crippen molar-refractivity contribution in [2.24, 2.45) is 0 Å². The lowest BCUT2D eigenvalue weighted by molar-refractivity contribution is 0.455. The highest BCUT2D eigenvalue weighted by atomic mass is 79.9. The van der Waals surface area contributed by atoms with Gasteiger partial charge < -0.3 is 4.74 Å². The van der Waals surface area contributed by atoms with Gasteiger partial charge in [-0.3, -0.25) is 0 Å². The maximum Gasteiger partial charge on any atom is 0.142 e. The van der Waals surface area contributed by atoms with Crippen molar-refractivity contribution < 1.29 is 4.74 Å². The Morgan fingerprint density at radius 1 is 0.864 bits per heavy atom. The summed E-state index contributed by atoms with van der Waals surface area (Å²) in [6.07, 6.45) is 0. The molecule has 108 valence electrons. The molecule has 0 radical (unpaired) electrons. The molecule has 0 amide bonds. The van der Waals surface area contributed by atoms with Crippen LogP contribution < -0.4 is 4.74 Å². The number of para-hydroxylation sites is 1. The molecule has 22 heavy (non-hydrogen) atoms. The van der Waals surface area contributed by atoms with Crippen molar-refractivity contribution in [3.63, 3.8) is 0 Å². The first-order valence-corrected chi connectivity index (χ1v) is 8.74. The van der Waals surface area contributed by atoms with E-state index < -0.39 is 0 Å². The zero-order valence-corrected chi connectivity index (χ0v) is 14.5. The molecule has 0 atom stereocenters. The van der Waals surface area contributed by atoms with Crippen molar-refractivity contribution in [2.75, 3.05) is 0 Å². The van der Waals surface area contributed by atoms with Crippen molar-refractivity contribution in [2.45, 2.75) is 9.79 Å². The van der Waals surface area contributed by atoms with Crippen LogP contribution in [0, 0.1) is 0 Å². The van der Waals surface area contributed by atoms with Crippen molar-refractivity contribution in [3.05, 3.63) is 70.2 Å². The third-order valence-electron chi connectivity index (χ3n) is 3.48. The number of hydrogen-bond donors (Lipinski definition) is 0. The number of benzene rings is 3. The molecule has 0 saturated carbocycles. The van der Waals surface area contributed by atoms with Crippen LogP contribution in [0.25, 0.3) is 11.1 Å². The van der Waals surface area contributed by atoms with Gasteiger partial charge in [0.25, 0.3) is 0 Å². The van der Waals surface area contributed by atoms with Gasteiger partial charge in [0.1, 0.15) is 11.5 Å². The largest absolute Gasteiger partial charge is 0.455 e. The average Bonchev–Trinajstić information content (AvgIpc) is 2.53. The Labute approximate surface area is 146 Å². The topological polar surface area (TPSA) is 9.23 Å². The second kappa shape index (κ2) is 5.65. The summed E-state index contributed by atoms with van der Waals surface area (Å²) in [6, 6.07) is 20.1. The van der Waals surface area contributed by atoms with Crippen molar-refractivity contribution in [3.8, 4) is 22.6 Å². The van der Waals surface area contributed by atoms with Gasteiger partial charge in [0.05, 0.1) is 9.79 Å². The van der Waals surface area contributed by atoms with E-state index in [2.05, 4.69) is 28.1 Å². The van der Waals surface area contributed by atoms with Gasteiger partial charge >= 0.3 is 0 Å². The molecule has 1 aliphatic heterocycles. The highest BCUT2D eigenvalue weighted by Gasteiger charge is 2.21. The van der Waals surface area contributed by atoms with E-state index >= 15 is 0 Å². The molecule has 1 heterocycles. The molecular formula is C18H10BrClOS. The van der Waals surface area contributed by atoms with E-state index in [1.807, 2.05) is 48.5 Å². The summed E-state index contributed by atoms with van der Waals surface area (Å²) in [5.41, 5.74) is 2.25. The van der Waals surface area contributed by atoms with Crippen LogP contribution in [0.2, 0.25) is 5.02 Å². The van der Waals surface area contributed by atoms with E-state index in [4.69, 9.17) is 16.3 Å². The van der Waals surface area contributed by atoms with E-state index in [0.717, 1.165) is 41.9 Å². The van der Waals surface area contributed by atoms with Gasteiger partial charge in [-0.1, -0.05) is 69.6 Å². The number of rotatable bonds is 1. The molecule has 0 aliphatic carbocycles. The molecule has 3 aromatic rings. The third kappa shape index (κ3) is 2.43. The Balaban J connectivity index is 1.87. The van der Waals surface area contributed by atoms with Crippen LogP contribution in [0.5, 0.6) is 11.5 Å². The predicted octanol–water partition coefficient (Wildman–Crippen LogP) is 7.03. The second-order valence-electron chi connectivity index (χ2n) is 4.91. The van der Waals surface area contributed by atoms with Crippen molar-refractivity contribution in [1.29, 1.82) is 0 Å². The summed E-state index contributed by atoms with van der Waals surface area (Å²) in [7, 11) is 0. The Kier molecular flexibility index (Phi) is 3.65. The molecular weight excluding hydrogens is 380 g/mol. The van der Waals surface area contributed by atoms with Gasteiger partial charge in [0.2, 0.25) is 0 Å². The normalized spacial score (nSPS) is 12.3. The van der Waals surface area contributed by atoms with Gasteiger partial charge in [0.15, 0.2) is 0 Å². The lowest BCUT2D eigenvalue weighted by atomic mass is 10.1. The summed E-state index contributed by atoms with van der Waals surface area (Å²) in [6.45, 7) is 0. The van der Waals surface area contributed by atoms with Crippen LogP contribution in [-0.2, 0) is 0 Å². The van der Waals surface area contributed by atoms with Crippen LogP contribution >= 0.6 is 39.3 Å². The molecule has 3 aromatic carbocycles. The minimum absolute atomic E-state index is 0.717. The fourth-order valence-electron chi connectivity index (χ4n) is 2.47. The molecule has 0 N–H and O–H groups in total. The summed E-state index contributed by atoms with van der Waals surface area (Å²) in [4.78, 5) is 2.26. The summed E-state index contributed by atoms with van der Waals surface area (Å²) in [5, 5.41) is 0.717. The van der Waals surface area contributed by atoms with E-state index in [-0.39, 0.29) is 0 Å². The molecule has 1 aliphatic rings. The SMILES string of the molecule is Clc1ccc(-c2cccc3c2Sc2ccccc2O3)c(Br)c1. The first-order chi connectivity index (χ1) is 10.7. The summed E-state index contributed by atoms with van der Waals surface area (Å²) < 4.78 is 7.02. The highest BCUT2D eigenvalue weighted by molar-refractivity contribution is 9.10. The Morgan fingerprint density at radius 2 is 1.68 bits per heavy atom. The maximum absolute atomic E-state index is 6.05. The minimum Gasteiger partial charge on any atom is -0.455 e. The van der Waals surface area contributed by atoms with Gasteiger partial charge in [-0.25, -0.2) is 0 Å². The van der Waals surface area contributed by atoms with Crippen LogP contribution in [0.1, 0.15) is 0 Å². The predicted molar refractivity (Wildman–Crippen MR) is 95.2 cm³/mol. The monoisotopic (exact) mass is 388 g/mol. The van der Waals surface area contributed by atoms with E-state index in [1.54, 1.807) is 11.8 Å². The third-order valence-corrected chi connectivity index (χ3v) is 5.55. The van der Waals surface area contributed by atoms with Gasteiger partial charge in [-0.15, -0.1) is 0 Å². The Hall–Kier alpha value is -1.42. The van der Waals surface area contributed by atoms with E-state index in [1.165, 1.54) is 0 Å². The first kappa shape index (κ1) is 14.2. The second-order valence-corrected chi connectivity index (χ2v) is 7.25. The maximum atomic E-state index is 6.05. The fraction of sp³-hybridized carbons (Fsp3) is 0. The molecule has 4 rings (SSSR count). The zero-order chi connectivity index (χ0) is 15.1. The first-order valence-electron chi connectivity index (χ1n) is 6.75. The number of halogens is 2. The molecule has 0 fully saturated rings. The highest BCUT2D eigenvalue weighted by Crippen LogP contribution is 2.51. The smallest absolute Gasteiger partial charge is 0.142 e. The minimum atomic E-state index is 0.717. The van der Waals surface area contributed by atoms with Crippen LogP contribution in [-0.4, -0.2) is 0 Å². The molecule has 0 aromatic heterocycles. The standard InChI is InChI=1S/C18H10BrClOS/c19-14-10-11(20)8-9-12(14)13-4-3-6-16-18(13)22-17-7-2-1-5-15(17)21-16/h1-10H. The zero-order valence-electron chi connectivity index (χ0n) is 11.3. The molecule has 0 unspecified atom stereocenters. The number of hydrogen-bond acceptors (Lipinski definition) is 2. The van der Waals surface area contributed by atoms with Crippen LogP contribution in [0.4, 0.5) is 0 Å². The quantitative estimate of drug-likeness (QED) is 0.346. The molecule has 0 spiro atoms. The van der Waals surface area contributed by atoms with Crippen molar-refractivity contribution in [1.82, 2.24) is 0 Å². The summed E-state index contributed by atoms with van der Waals surface area (Å²) >= 11 is 11.4. The molecule has 1 nitrogen and oxygen atoms in total. The van der Waals surface area contributed by atoms with Gasteiger partial charge in [-0.2, -0.15) is 0 Å². The number of fused-ring (bicyclic) bond motifs is 2. The van der Waals surface area contributed by atoms with Crippen molar-refractivity contribution >= 4 is 39.3 Å². The van der Waals surface area contributed by atoms with Crippen LogP contribution in [0.3, 0.4) is 0 Å². The lowest BCUT2D eigenvalue weighted by Crippen LogP contribution is -1.96. The van der Waals surface area contributed by atoms with E-state index in [9.17, 15) is 0 Å². The Bertz CT molecular complexity index is 879. The number of ether oxygens (including phenoxy) is 1. The summed E-state index contributed by atoms with van der Waals surface area (Å²) in [5.74, 6) is 1.80. The molecule has 0 saturated heterocycles. The lowest BCUT2D eigenvalue weighted by Gasteiger charge is -2.22. The van der Waals surface area contributed by atoms with E-state index in [0.29, 0.717) is 0 Å². The van der Waals surface area contributed by atoms with Gasteiger partial charge in [0, 0.05) is 15.1 Å².